The van der Waals surface area contributed by atoms with Crippen molar-refractivity contribution in [3.8, 4) is 0 Å². The molecule has 0 saturated heterocycles. The standard InChI is InChI=1S/C10H11ClFNO2/c1-6(14)5-13-10(15)7-2-3-9(12)8(11)4-7/h2-4,6,14H,5H2,1H3,(H,13,15)/t6-/m0/s1. The molecule has 0 fully saturated rings. The Hall–Kier alpha value is -1.13. The molecule has 0 radical (unpaired) electrons. The highest BCUT2D eigenvalue weighted by Gasteiger charge is 2.08. The Morgan fingerprint density at radius 3 is 2.87 bits per heavy atom. The van der Waals surface area contributed by atoms with Crippen molar-refractivity contribution in [1.29, 1.82) is 0 Å². The van der Waals surface area contributed by atoms with E-state index < -0.39 is 17.8 Å². The molecule has 1 amide bonds. The lowest BCUT2D eigenvalue weighted by molar-refractivity contribution is 0.0924. The fraction of sp³-hybridized carbons (Fsp3) is 0.300. The number of aliphatic hydroxyl groups is 1. The smallest absolute Gasteiger partial charge is 0.251 e. The summed E-state index contributed by atoms with van der Waals surface area (Å²) in [6.07, 6.45) is -0.620. The van der Waals surface area contributed by atoms with Crippen molar-refractivity contribution in [2.75, 3.05) is 6.54 Å². The third-order valence-corrected chi connectivity index (χ3v) is 2.03. The van der Waals surface area contributed by atoms with Gasteiger partial charge in [-0.3, -0.25) is 4.79 Å². The van der Waals surface area contributed by atoms with Gasteiger partial charge in [0.1, 0.15) is 5.82 Å². The predicted molar refractivity (Wildman–Crippen MR) is 55.4 cm³/mol. The third-order valence-electron chi connectivity index (χ3n) is 1.74. The van der Waals surface area contributed by atoms with E-state index in [1.54, 1.807) is 6.92 Å². The van der Waals surface area contributed by atoms with Crippen molar-refractivity contribution < 1.29 is 14.3 Å². The maximum atomic E-state index is 12.8. The second-order valence-corrected chi connectivity index (χ2v) is 3.60. The van der Waals surface area contributed by atoms with Crippen LogP contribution in [0.5, 0.6) is 0 Å². The van der Waals surface area contributed by atoms with Crippen molar-refractivity contribution in [3.63, 3.8) is 0 Å². The Bertz CT molecular complexity index is 368. The van der Waals surface area contributed by atoms with Crippen LogP contribution >= 0.6 is 11.6 Å². The molecule has 0 bridgehead atoms. The first-order valence-electron chi connectivity index (χ1n) is 4.42. The average molecular weight is 232 g/mol. The number of nitrogens with one attached hydrogen (secondary N) is 1. The van der Waals surface area contributed by atoms with Gasteiger partial charge in [-0.05, 0) is 25.1 Å². The van der Waals surface area contributed by atoms with Crippen molar-refractivity contribution in [2.24, 2.45) is 0 Å². The van der Waals surface area contributed by atoms with E-state index in [0.29, 0.717) is 0 Å². The third kappa shape index (κ3) is 3.49. The quantitative estimate of drug-likeness (QED) is 0.830. The molecule has 1 aromatic rings. The Kier molecular flexibility index (Phi) is 4.05. The number of hydrogen-bond donors (Lipinski definition) is 2. The van der Waals surface area contributed by atoms with Crippen LogP contribution < -0.4 is 5.32 Å². The molecule has 1 aromatic carbocycles. The molecule has 3 nitrogen and oxygen atoms in total. The van der Waals surface area contributed by atoms with Crippen LogP contribution in [0.1, 0.15) is 17.3 Å². The summed E-state index contributed by atoms with van der Waals surface area (Å²) in [4.78, 5) is 11.4. The lowest BCUT2D eigenvalue weighted by Crippen LogP contribution is -2.30. The number of hydrogen-bond acceptors (Lipinski definition) is 2. The monoisotopic (exact) mass is 231 g/mol. The zero-order chi connectivity index (χ0) is 11.4. The maximum absolute atomic E-state index is 12.8. The van der Waals surface area contributed by atoms with Crippen LogP contribution in [0.15, 0.2) is 18.2 Å². The van der Waals surface area contributed by atoms with Crippen LogP contribution in [-0.2, 0) is 0 Å². The van der Waals surface area contributed by atoms with Crippen molar-refractivity contribution in [2.45, 2.75) is 13.0 Å². The summed E-state index contributed by atoms with van der Waals surface area (Å²) in [6.45, 7) is 1.70. The van der Waals surface area contributed by atoms with Crippen molar-refractivity contribution in [1.82, 2.24) is 5.32 Å². The lowest BCUT2D eigenvalue weighted by Gasteiger charge is -2.07. The Morgan fingerprint density at radius 1 is 1.67 bits per heavy atom. The van der Waals surface area contributed by atoms with Gasteiger partial charge in [-0.25, -0.2) is 4.39 Å². The van der Waals surface area contributed by atoms with Crippen LogP contribution in [0.25, 0.3) is 0 Å². The van der Waals surface area contributed by atoms with E-state index in [2.05, 4.69) is 5.32 Å². The summed E-state index contributed by atoms with van der Waals surface area (Å²) >= 11 is 5.52. The molecule has 0 spiro atoms. The van der Waals surface area contributed by atoms with E-state index in [0.717, 1.165) is 6.07 Å². The summed E-state index contributed by atoms with van der Waals surface area (Å²) in [5.41, 5.74) is 0.266. The first-order chi connectivity index (χ1) is 7.00. The number of carbonyl (C=O) groups excluding carboxylic acids is 1. The number of benzene rings is 1. The van der Waals surface area contributed by atoms with Crippen LogP contribution in [0.2, 0.25) is 5.02 Å². The van der Waals surface area contributed by atoms with Gasteiger partial charge in [-0.1, -0.05) is 11.6 Å². The average Bonchev–Trinajstić information content (AvgIpc) is 2.18. The molecule has 2 N–H and O–H groups in total. The number of amides is 1. The van der Waals surface area contributed by atoms with Gasteiger partial charge in [0.15, 0.2) is 0 Å². The fourth-order valence-electron chi connectivity index (χ4n) is 0.980. The Balaban J connectivity index is 2.70. The van der Waals surface area contributed by atoms with Gasteiger partial charge in [0.25, 0.3) is 5.91 Å². The molecular weight excluding hydrogens is 221 g/mol. The van der Waals surface area contributed by atoms with Crippen molar-refractivity contribution in [3.05, 3.63) is 34.6 Å². The van der Waals surface area contributed by atoms with Gasteiger partial charge in [-0.2, -0.15) is 0 Å². The molecule has 0 aliphatic rings. The van der Waals surface area contributed by atoms with Gasteiger partial charge in [0.05, 0.1) is 11.1 Å². The van der Waals surface area contributed by atoms with E-state index in [4.69, 9.17) is 16.7 Å². The Morgan fingerprint density at radius 2 is 2.33 bits per heavy atom. The summed E-state index contributed by atoms with van der Waals surface area (Å²) in [7, 11) is 0. The van der Waals surface area contributed by atoms with E-state index in [9.17, 15) is 9.18 Å². The van der Waals surface area contributed by atoms with Gasteiger partial charge in [0.2, 0.25) is 0 Å². The predicted octanol–water partition coefficient (Wildman–Crippen LogP) is 1.59. The summed E-state index contributed by atoms with van der Waals surface area (Å²) in [5.74, 6) is -0.957. The highest BCUT2D eigenvalue weighted by atomic mass is 35.5. The first kappa shape index (κ1) is 11.9. The van der Waals surface area contributed by atoms with Gasteiger partial charge >= 0.3 is 0 Å². The molecule has 5 heteroatoms. The SMILES string of the molecule is C[C@H](O)CNC(=O)c1ccc(F)c(Cl)c1. The van der Waals surface area contributed by atoms with E-state index in [1.165, 1.54) is 12.1 Å². The van der Waals surface area contributed by atoms with Crippen molar-refractivity contribution >= 4 is 17.5 Å². The summed E-state index contributed by atoms with van der Waals surface area (Å²) < 4.78 is 12.8. The molecule has 0 saturated carbocycles. The van der Waals surface area contributed by atoms with E-state index >= 15 is 0 Å². The van der Waals surface area contributed by atoms with E-state index in [-0.39, 0.29) is 17.1 Å². The first-order valence-corrected chi connectivity index (χ1v) is 4.80. The zero-order valence-electron chi connectivity index (χ0n) is 8.13. The van der Waals surface area contributed by atoms with Crippen LogP contribution in [0.4, 0.5) is 4.39 Å². The summed E-state index contributed by atoms with van der Waals surface area (Å²) in [6, 6.07) is 3.70. The minimum absolute atomic E-state index is 0.0975. The zero-order valence-corrected chi connectivity index (χ0v) is 8.88. The molecule has 0 aliphatic heterocycles. The molecule has 1 atom stereocenters. The second kappa shape index (κ2) is 5.09. The highest BCUT2D eigenvalue weighted by molar-refractivity contribution is 6.31. The van der Waals surface area contributed by atoms with E-state index in [1.807, 2.05) is 0 Å². The minimum Gasteiger partial charge on any atom is -0.392 e. The molecule has 0 aromatic heterocycles. The molecule has 0 heterocycles. The number of rotatable bonds is 3. The summed E-state index contributed by atoms with van der Waals surface area (Å²) in [5, 5.41) is 11.3. The van der Waals surface area contributed by atoms with Gasteiger partial charge < -0.3 is 10.4 Å². The van der Waals surface area contributed by atoms with Crippen LogP contribution in [0, 0.1) is 5.82 Å². The molecule has 0 aliphatic carbocycles. The van der Waals surface area contributed by atoms with Gasteiger partial charge in [0, 0.05) is 12.1 Å². The van der Waals surface area contributed by atoms with Crippen LogP contribution in [0.3, 0.4) is 0 Å². The second-order valence-electron chi connectivity index (χ2n) is 3.19. The number of carbonyl (C=O) groups is 1. The van der Waals surface area contributed by atoms with Crippen LogP contribution in [-0.4, -0.2) is 23.7 Å². The minimum atomic E-state index is -0.620. The molecule has 82 valence electrons. The van der Waals surface area contributed by atoms with Gasteiger partial charge in [-0.15, -0.1) is 0 Å². The molecular formula is C10H11ClFNO2. The fourth-order valence-corrected chi connectivity index (χ4v) is 1.16. The molecule has 1 rings (SSSR count). The topological polar surface area (TPSA) is 49.3 Å². The molecule has 0 unspecified atom stereocenters. The number of halogens is 2. The molecule has 15 heavy (non-hydrogen) atoms. The maximum Gasteiger partial charge on any atom is 0.251 e. The largest absolute Gasteiger partial charge is 0.392 e. The lowest BCUT2D eigenvalue weighted by atomic mass is 10.2. The Labute approximate surface area is 91.9 Å². The highest BCUT2D eigenvalue weighted by Crippen LogP contribution is 2.15. The number of aliphatic hydroxyl groups excluding tert-OH is 1. The normalized spacial score (nSPS) is 12.3.